The molecule has 174 valence electrons. The summed E-state index contributed by atoms with van der Waals surface area (Å²) < 4.78 is 39.3. The van der Waals surface area contributed by atoms with E-state index >= 15 is 0 Å². The fourth-order valence-electron chi connectivity index (χ4n) is 4.56. The normalized spacial score (nSPS) is 18.0. The molecule has 2 heterocycles. The quantitative estimate of drug-likeness (QED) is 0.537. The maximum atomic E-state index is 14.2. The van der Waals surface area contributed by atoms with Crippen molar-refractivity contribution in [3.8, 4) is 11.1 Å². The Hall–Kier alpha value is -3.35. The van der Waals surface area contributed by atoms with Crippen molar-refractivity contribution in [3.63, 3.8) is 0 Å². The summed E-state index contributed by atoms with van der Waals surface area (Å²) in [5.74, 6) is -0.700. The van der Waals surface area contributed by atoms with Crippen LogP contribution in [0.5, 0.6) is 0 Å². The van der Waals surface area contributed by atoms with Crippen molar-refractivity contribution in [2.75, 3.05) is 32.4 Å². The molecule has 1 aliphatic carbocycles. The smallest absolute Gasteiger partial charge is 0.258 e. The van der Waals surface area contributed by atoms with E-state index in [9.17, 15) is 17.6 Å². The molecule has 3 aromatic rings. The summed E-state index contributed by atoms with van der Waals surface area (Å²) in [4.78, 5) is 23.3. The Labute approximate surface area is 197 Å². The zero-order valence-electron chi connectivity index (χ0n) is 18.7. The largest absolute Gasteiger partial charge is 0.336 e. The summed E-state index contributed by atoms with van der Waals surface area (Å²) in [6.07, 6.45) is 4.34. The molecule has 1 aliphatic heterocycles. The van der Waals surface area contributed by atoms with Crippen molar-refractivity contribution in [3.05, 3.63) is 77.0 Å². The third-order valence-corrected chi connectivity index (χ3v) is 8.01. The number of carbonyl (C=O) groups is 1. The molecule has 0 bridgehead atoms. The van der Waals surface area contributed by atoms with Crippen molar-refractivity contribution < 1.29 is 17.6 Å². The maximum absolute atomic E-state index is 14.2. The highest BCUT2D eigenvalue weighted by Crippen LogP contribution is 2.50. The molecular weight excluding hydrogens is 455 g/mol. The van der Waals surface area contributed by atoms with Gasteiger partial charge in [0.25, 0.3) is 11.4 Å². The topological polar surface area (TPSA) is 74.9 Å². The number of amides is 1. The zero-order chi connectivity index (χ0) is 24.1. The second-order valence-electron chi connectivity index (χ2n) is 8.88. The summed E-state index contributed by atoms with van der Waals surface area (Å²) >= 11 is 0. The van der Waals surface area contributed by atoms with Crippen molar-refractivity contribution in [2.24, 2.45) is 0 Å². The van der Waals surface area contributed by atoms with Crippen LogP contribution >= 0.6 is 0 Å². The molecule has 0 unspecified atom stereocenters. The van der Waals surface area contributed by atoms with E-state index < -0.39 is 21.4 Å². The molecule has 34 heavy (non-hydrogen) atoms. The van der Waals surface area contributed by atoms with E-state index in [2.05, 4.69) is 9.83 Å². The lowest BCUT2D eigenvalue weighted by Gasteiger charge is -2.33. The minimum atomic E-state index is -3.32. The Bertz CT molecular complexity index is 1440. The number of halogens is 1. The van der Waals surface area contributed by atoms with Gasteiger partial charge in [-0.2, -0.15) is 4.31 Å². The number of nitrogens with zero attached hydrogens (tertiary/aromatic N) is 4. The van der Waals surface area contributed by atoms with Crippen LogP contribution < -0.4 is 0 Å². The van der Waals surface area contributed by atoms with Crippen LogP contribution in [-0.2, 0) is 15.6 Å². The van der Waals surface area contributed by atoms with Gasteiger partial charge in [0.05, 0.1) is 17.3 Å². The van der Waals surface area contributed by atoms with Gasteiger partial charge in [0, 0.05) is 61.7 Å². The van der Waals surface area contributed by atoms with Crippen molar-refractivity contribution in [1.29, 1.82) is 0 Å². The summed E-state index contributed by atoms with van der Waals surface area (Å²) in [6.45, 7) is 8.47. The fraction of sp³-hybridized carbons (Fsp3) is 0.320. The first kappa shape index (κ1) is 22.4. The number of fused-ring (bicyclic) bond motifs is 1. The van der Waals surface area contributed by atoms with Crippen molar-refractivity contribution in [2.45, 2.75) is 18.4 Å². The first-order chi connectivity index (χ1) is 16.2. The van der Waals surface area contributed by atoms with Gasteiger partial charge in [0.15, 0.2) is 0 Å². The SMILES string of the molecule is [C-]#[N+]C1(c2ccc(-c3c(C(=O)N4CCN(S(C)(=O)=O)CC4)cnc4ccc(F)cc34)cc2)CC1. The molecule has 0 radical (unpaired) electrons. The van der Waals surface area contributed by atoms with E-state index in [0.717, 1.165) is 30.2 Å². The molecule has 0 N–H and O–H groups in total. The minimum absolute atomic E-state index is 0.225. The standard InChI is InChI=1S/C25H23FN4O3S/c1-27-25(9-10-25)18-5-3-17(4-6-18)23-20-15-19(26)7-8-22(20)28-16-21(23)24(31)29-11-13-30(14-12-29)34(2,32)33/h3-8,15-16H,9-14H2,2H3. The van der Waals surface area contributed by atoms with Crippen LogP contribution in [0.15, 0.2) is 48.7 Å². The maximum Gasteiger partial charge on any atom is 0.258 e. The van der Waals surface area contributed by atoms with Gasteiger partial charge >= 0.3 is 0 Å². The molecule has 0 atom stereocenters. The Kier molecular flexibility index (Phi) is 5.38. The zero-order valence-corrected chi connectivity index (χ0v) is 19.5. The van der Waals surface area contributed by atoms with E-state index in [1.165, 1.54) is 22.6 Å². The van der Waals surface area contributed by atoms with Gasteiger partial charge in [-0.05, 0) is 23.8 Å². The predicted molar refractivity (Wildman–Crippen MR) is 127 cm³/mol. The molecule has 2 aliphatic rings. The number of hydrogen-bond acceptors (Lipinski definition) is 4. The minimum Gasteiger partial charge on any atom is -0.336 e. The molecule has 2 fully saturated rings. The Morgan fingerprint density at radius 3 is 2.35 bits per heavy atom. The van der Waals surface area contributed by atoms with Gasteiger partial charge < -0.3 is 9.74 Å². The summed E-state index contributed by atoms with van der Waals surface area (Å²) in [6, 6.07) is 11.9. The third-order valence-electron chi connectivity index (χ3n) is 6.70. The highest BCUT2D eigenvalue weighted by molar-refractivity contribution is 7.88. The molecule has 1 aromatic heterocycles. The second-order valence-corrected chi connectivity index (χ2v) is 10.9. The lowest BCUT2D eigenvalue weighted by molar-refractivity contribution is 0.0699. The summed E-state index contributed by atoms with van der Waals surface area (Å²) in [5.41, 5.74) is 2.73. The van der Waals surface area contributed by atoms with Crippen LogP contribution in [0.4, 0.5) is 4.39 Å². The van der Waals surface area contributed by atoms with E-state index in [0.29, 0.717) is 22.0 Å². The van der Waals surface area contributed by atoms with E-state index in [4.69, 9.17) is 6.57 Å². The van der Waals surface area contributed by atoms with Crippen LogP contribution in [0.25, 0.3) is 26.9 Å². The van der Waals surface area contributed by atoms with Gasteiger partial charge in [0.1, 0.15) is 5.82 Å². The van der Waals surface area contributed by atoms with Crippen LogP contribution in [-0.4, -0.2) is 60.9 Å². The van der Waals surface area contributed by atoms with Crippen molar-refractivity contribution in [1.82, 2.24) is 14.2 Å². The number of carbonyl (C=O) groups excluding carboxylic acids is 1. The average Bonchev–Trinajstić information content (AvgIpc) is 3.64. The Morgan fingerprint density at radius 2 is 1.76 bits per heavy atom. The van der Waals surface area contributed by atoms with Gasteiger partial charge in [-0.15, -0.1) is 0 Å². The number of aromatic nitrogens is 1. The third kappa shape index (κ3) is 3.93. The van der Waals surface area contributed by atoms with E-state index in [-0.39, 0.29) is 32.1 Å². The molecule has 1 amide bonds. The molecule has 1 saturated heterocycles. The van der Waals surface area contributed by atoms with E-state index in [1.807, 2.05) is 24.3 Å². The monoisotopic (exact) mass is 478 g/mol. The molecule has 0 spiro atoms. The van der Waals surface area contributed by atoms with Crippen LogP contribution in [0.3, 0.4) is 0 Å². The van der Waals surface area contributed by atoms with Crippen LogP contribution in [0, 0.1) is 12.4 Å². The number of benzene rings is 2. The number of piperazine rings is 1. The van der Waals surface area contributed by atoms with Crippen LogP contribution in [0.2, 0.25) is 0 Å². The van der Waals surface area contributed by atoms with Crippen molar-refractivity contribution >= 4 is 26.8 Å². The van der Waals surface area contributed by atoms with E-state index in [1.54, 1.807) is 11.0 Å². The molecule has 2 aromatic carbocycles. The lowest BCUT2D eigenvalue weighted by Crippen LogP contribution is -2.50. The lowest BCUT2D eigenvalue weighted by atomic mass is 9.93. The highest BCUT2D eigenvalue weighted by Gasteiger charge is 2.52. The number of pyridine rings is 1. The molecular formula is C25H23FN4O3S. The molecule has 5 rings (SSSR count). The van der Waals surface area contributed by atoms with Gasteiger partial charge in [-0.3, -0.25) is 9.78 Å². The van der Waals surface area contributed by atoms with Gasteiger partial charge in [0.2, 0.25) is 10.0 Å². The van der Waals surface area contributed by atoms with Crippen LogP contribution in [0.1, 0.15) is 28.8 Å². The molecule has 7 nitrogen and oxygen atoms in total. The summed E-state index contributed by atoms with van der Waals surface area (Å²) in [7, 11) is -3.32. The Morgan fingerprint density at radius 1 is 1.09 bits per heavy atom. The van der Waals surface area contributed by atoms with Gasteiger partial charge in [-0.1, -0.05) is 24.3 Å². The fourth-order valence-corrected chi connectivity index (χ4v) is 5.39. The second kappa shape index (κ2) is 8.15. The number of rotatable bonds is 4. The first-order valence-corrected chi connectivity index (χ1v) is 12.9. The van der Waals surface area contributed by atoms with Gasteiger partial charge in [-0.25, -0.2) is 19.4 Å². The number of sulfonamides is 1. The predicted octanol–water partition coefficient (Wildman–Crippen LogP) is 3.67. The first-order valence-electron chi connectivity index (χ1n) is 11.0. The molecule has 9 heteroatoms. The molecule has 1 saturated carbocycles. The Balaban J connectivity index is 1.56. The summed E-state index contributed by atoms with van der Waals surface area (Å²) in [5, 5.41) is 0.527. The highest BCUT2D eigenvalue weighted by atomic mass is 32.2. The number of hydrogen-bond donors (Lipinski definition) is 0. The average molecular weight is 479 g/mol.